The van der Waals surface area contributed by atoms with Gasteiger partial charge in [0.05, 0.1) is 12.2 Å². The Labute approximate surface area is 176 Å². The fourth-order valence-electron chi connectivity index (χ4n) is 3.44. The van der Waals surface area contributed by atoms with Crippen LogP contribution in [0.4, 0.5) is 0 Å². The van der Waals surface area contributed by atoms with Crippen molar-refractivity contribution >= 4 is 5.96 Å². The van der Waals surface area contributed by atoms with Gasteiger partial charge in [0.15, 0.2) is 5.96 Å². The van der Waals surface area contributed by atoms with Crippen LogP contribution < -0.4 is 10.6 Å². The fraction of sp³-hybridized carbons (Fsp3) is 0.565. The van der Waals surface area contributed by atoms with Crippen LogP contribution in [0.1, 0.15) is 48.8 Å². The van der Waals surface area contributed by atoms with E-state index in [1.54, 1.807) is 0 Å². The van der Waals surface area contributed by atoms with Crippen molar-refractivity contribution in [3.8, 4) is 0 Å². The Hall–Kier alpha value is -2.34. The van der Waals surface area contributed by atoms with Crippen molar-refractivity contribution in [1.29, 1.82) is 0 Å². The topological polar surface area (TPSA) is 57.5 Å². The molecule has 1 heterocycles. The normalized spacial score (nSPS) is 13.0. The van der Waals surface area contributed by atoms with Gasteiger partial charge >= 0.3 is 0 Å². The van der Waals surface area contributed by atoms with Crippen molar-refractivity contribution in [1.82, 2.24) is 25.3 Å². The molecule has 6 heteroatoms. The Morgan fingerprint density at radius 3 is 2.59 bits per heavy atom. The summed E-state index contributed by atoms with van der Waals surface area (Å²) in [4.78, 5) is 7.12. The lowest BCUT2D eigenvalue weighted by molar-refractivity contribution is 0.345. The second-order valence-electron chi connectivity index (χ2n) is 7.87. The van der Waals surface area contributed by atoms with Crippen LogP contribution in [0.5, 0.6) is 0 Å². The molecule has 29 heavy (non-hydrogen) atoms. The van der Waals surface area contributed by atoms with Gasteiger partial charge in [0.2, 0.25) is 0 Å². The molecule has 0 aliphatic rings. The first-order chi connectivity index (χ1) is 13.8. The van der Waals surface area contributed by atoms with Crippen LogP contribution in [0, 0.1) is 13.8 Å². The third-order valence-corrected chi connectivity index (χ3v) is 5.30. The Morgan fingerprint density at radius 1 is 1.24 bits per heavy atom. The third kappa shape index (κ3) is 6.89. The van der Waals surface area contributed by atoms with Gasteiger partial charge in [-0.3, -0.25) is 4.68 Å². The quantitative estimate of drug-likeness (QED) is 0.503. The van der Waals surface area contributed by atoms with Crippen LogP contribution >= 0.6 is 0 Å². The molecule has 0 radical (unpaired) electrons. The van der Waals surface area contributed by atoms with Crippen molar-refractivity contribution in [2.45, 2.75) is 60.2 Å². The first-order valence-electron chi connectivity index (χ1n) is 10.6. The molecular weight excluding hydrogens is 360 g/mol. The van der Waals surface area contributed by atoms with Gasteiger partial charge in [-0.15, -0.1) is 0 Å². The van der Waals surface area contributed by atoms with E-state index in [0.29, 0.717) is 6.54 Å². The van der Waals surface area contributed by atoms with Crippen molar-refractivity contribution in [3.63, 3.8) is 0 Å². The monoisotopic (exact) mass is 398 g/mol. The van der Waals surface area contributed by atoms with Crippen LogP contribution in [-0.4, -0.2) is 46.8 Å². The van der Waals surface area contributed by atoms with E-state index in [4.69, 9.17) is 4.99 Å². The number of hydrogen-bond acceptors (Lipinski definition) is 3. The van der Waals surface area contributed by atoms with Crippen molar-refractivity contribution in [3.05, 3.63) is 52.3 Å². The number of benzene rings is 1. The second-order valence-corrected chi connectivity index (χ2v) is 7.87. The summed E-state index contributed by atoms with van der Waals surface area (Å²) in [5.41, 5.74) is 6.21. The lowest BCUT2D eigenvalue weighted by Gasteiger charge is -2.18. The minimum atomic E-state index is 0.263. The van der Waals surface area contributed by atoms with Gasteiger partial charge in [-0.2, -0.15) is 5.10 Å². The first-order valence-corrected chi connectivity index (χ1v) is 10.6. The largest absolute Gasteiger partial charge is 0.357 e. The molecule has 0 aliphatic carbocycles. The molecule has 2 N–H and O–H groups in total. The highest BCUT2D eigenvalue weighted by Gasteiger charge is 2.14. The average Bonchev–Trinajstić information content (AvgIpc) is 2.92. The molecule has 1 atom stereocenters. The predicted octanol–water partition coefficient (Wildman–Crippen LogP) is 3.17. The Balaban J connectivity index is 2.03. The smallest absolute Gasteiger partial charge is 0.191 e. The highest BCUT2D eigenvalue weighted by Crippen LogP contribution is 2.14. The fourth-order valence-corrected chi connectivity index (χ4v) is 3.44. The molecule has 1 aromatic carbocycles. The van der Waals surface area contributed by atoms with E-state index < -0.39 is 0 Å². The molecule has 6 nitrogen and oxygen atoms in total. The zero-order chi connectivity index (χ0) is 21.4. The molecule has 1 unspecified atom stereocenters. The highest BCUT2D eigenvalue weighted by molar-refractivity contribution is 5.80. The lowest BCUT2D eigenvalue weighted by atomic mass is 10.1. The maximum atomic E-state index is 4.82. The van der Waals surface area contributed by atoms with Gasteiger partial charge < -0.3 is 15.5 Å². The van der Waals surface area contributed by atoms with Gasteiger partial charge in [-0.25, -0.2) is 4.99 Å². The van der Waals surface area contributed by atoms with Crippen molar-refractivity contribution in [2.24, 2.45) is 12.0 Å². The molecule has 160 valence electrons. The molecule has 0 amide bonds. The molecule has 2 rings (SSSR count). The lowest BCUT2D eigenvalue weighted by Crippen LogP contribution is -2.43. The van der Waals surface area contributed by atoms with E-state index in [1.807, 2.05) is 11.7 Å². The van der Waals surface area contributed by atoms with E-state index >= 15 is 0 Å². The summed E-state index contributed by atoms with van der Waals surface area (Å²) in [5.74, 6) is 0.857. The number of aryl methyl sites for hydroxylation is 2. The third-order valence-electron chi connectivity index (χ3n) is 5.30. The van der Waals surface area contributed by atoms with Gasteiger partial charge in [0.1, 0.15) is 0 Å². The van der Waals surface area contributed by atoms with E-state index in [0.717, 1.165) is 37.7 Å². The van der Waals surface area contributed by atoms with Crippen molar-refractivity contribution in [2.75, 3.05) is 20.1 Å². The summed E-state index contributed by atoms with van der Waals surface area (Å²) in [6.45, 7) is 14.2. The SMILES string of the molecule is CCNC(=NCc1cccc(CN(C)CC)c1)NC(C)Cc1c(C)nn(C)c1C. The highest BCUT2D eigenvalue weighted by atomic mass is 15.3. The number of aliphatic imine (C=N–C) groups is 1. The standard InChI is InChI=1S/C23H38N6/c1-8-24-23(26-17(3)13-22-18(4)27-29(7)19(22)5)25-15-20-11-10-12-21(14-20)16-28(6)9-2/h10-12,14,17H,8-9,13,15-16H2,1-7H3,(H2,24,25,26). The summed E-state index contributed by atoms with van der Waals surface area (Å²) in [7, 11) is 4.15. The zero-order valence-corrected chi connectivity index (χ0v) is 19.2. The number of aromatic nitrogens is 2. The van der Waals surface area contributed by atoms with E-state index in [2.05, 4.69) is 86.6 Å². The van der Waals surface area contributed by atoms with E-state index in [1.165, 1.54) is 22.4 Å². The predicted molar refractivity (Wildman–Crippen MR) is 122 cm³/mol. The van der Waals surface area contributed by atoms with Crippen LogP contribution in [-0.2, 0) is 26.6 Å². The molecule has 0 saturated carbocycles. The van der Waals surface area contributed by atoms with E-state index in [-0.39, 0.29) is 6.04 Å². The number of nitrogens with one attached hydrogen (secondary N) is 2. The maximum Gasteiger partial charge on any atom is 0.191 e. The molecule has 0 aliphatic heterocycles. The van der Waals surface area contributed by atoms with Crippen LogP contribution in [0.2, 0.25) is 0 Å². The zero-order valence-electron chi connectivity index (χ0n) is 19.2. The molecule has 0 spiro atoms. The van der Waals surface area contributed by atoms with Crippen molar-refractivity contribution < 1.29 is 0 Å². The minimum Gasteiger partial charge on any atom is -0.357 e. The molecule has 1 aromatic heterocycles. The number of nitrogens with zero attached hydrogens (tertiary/aromatic N) is 4. The maximum absolute atomic E-state index is 4.82. The molecular formula is C23H38N6. The van der Waals surface area contributed by atoms with Gasteiger partial charge in [0, 0.05) is 31.9 Å². The molecule has 0 bridgehead atoms. The second kappa shape index (κ2) is 11.0. The Morgan fingerprint density at radius 2 is 1.97 bits per heavy atom. The molecule has 2 aromatic rings. The number of rotatable bonds is 9. The molecule has 0 saturated heterocycles. The summed E-state index contributed by atoms with van der Waals surface area (Å²) >= 11 is 0. The van der Waals surface area contributed by atoms with E-state index in [9.17, 15) is 0 Å². The minimum absolute atomic E-state index is 0.263. The molecule has 0 fully saturated rings. The summed E-state index contributed by atoms with van der Waals surface area (Å²) in [5, 5.41) is 11.4. The van der Waals surface area contributed by atoms with Crippen LogP contribution in [0.25, 0.3) is 0 Å². The Kier molecular flexibility index (Phi) is 8.70. The van der Waals surface area contributed by atoms with Crippen LogP contribution in [0.15, 0.2) is 29.3 Å². The van der Waals surface area contributed by atoms with Gasteiger partial charge in [-0.05, 0) is 64.4 Å². The van der Waals surface area contributed by atoms with Gasteiger partial charge in [-0.1, -0.05) is 31.2 Å². The first kappa shape index (κ1) is 22.9. The van der Waals surface area contributed by atoms with Crippen LogP contribution in [0.3, 0.4) is 0 Å². The summed E-state index contributed by atoms with van der Waals surface area (Å²) < 4.78 is 1.96. The van der Waals surface area contributed by atoms with Gasteiger partial charge in [0.25, 0.3) is 0 Å². The summed E-state index contributed by atoms with van der Waals surface area (Å²) in [6.07, 6.45) is 0.925. The number of hydrogen-bond donors (Lipinski definition) is 2. The summed E-state index contributed by atoms with van der Waals surface area (Å²) in [6, 6.07) is 8.97. The number of guanidine groups is 1. The Bertz CT molecular complexity index is 808. The average molecular weight is 399 g/mol.